The molecule has 0 radical (unpaired) electrons. The first-order valence-corrected chi connectivity index (χ1v) is 5.21. The van der Waals surface area contributed by atoms with Gasteiger partial charge in [-0.3, -0.25) is 4.79 Å². The second kappa shape index (κ2) is 4.05. The van der Waals surface area contributed by atoms with Crippen LogP contribution in [0.2, 0.25) is 0 Å². The lowest BCUT2D eigenvalue weighted by molar-refractivity contribution is 0.112. The summed E-state index contributed by atoms with van der Waals surface area (Å²) < 4.78 is 0. The number of rotatable bonds is 2. The maximum atomic E-state index is 11.0. The Bertz CT molecular complexity index is 420. The fourth-order valence-electron chi connectivity index (χ4n) is 1.92. The standard InChI is InChI=1S/C10H15N5O/c1-6-13-9(12)8(5-16)10(14-6)15-3-2-7(11)4-15/h5,7H,2-4,11H2,1H3,(H2,12,13,14). The second-order valence-electron chi connectivity index (χ2n) is 4.01. The van der Waals surface area contributed by atoms with Gasteiger partial charge in [0.15, 0.2) is 6.29 Å². The summed E-state index contributed by atoms with van der Waals surface area (Å²) >= 11 is 0. The van der Waals surface area contributed by atoms with Crippen molar-refractivity contribution in [1.82, 2.24) is 9.97 Å². The number of aryl methyl sites for hydroxylation is 1. The Hall–Kier alpha value is -1.69. The van der Waals surface area contributed by atoms with Gasteiger partial charge in [-0.1, -0.05) is 0 Å². The summed E-state index contributed by atoms with van der Waals surface area (Å²) in [6, 6.07) is 0.135. The van der Waals surface area contributed by atoms with Crippen molar-refractivity contribution in [1.29, 1.82) is 0 Å². The first-order valence-electron chi connectivity index (χ1n) is 5.21. The Kier molecular flexibility index (Phi) is 2.74. The molecule has 0 aromatic carbocycles. The number of aromatic nitrogens is 2. The molecule has 1 fully saturated rings. The van der Waals surface area contributed by atoms with Crippen molar-refractivity contribution in [2.45, 2.75) is 19.4 Å². The molecule has 86 valence electrons. The van der Waals surface area contributed by atoms with Gasteiger partial charge in [-0.15, -0.1) is 0 Å². The molecule has 4 N–H and O–H groups in total. The molecule has 0 spiro atoms. The Morgan fingerprint density at radius 2 is 2.25 bits per heavy atom. The maximum Gasteiger partial charge on any atom is 0.157 e. The maximum absolute atomic E-state index is 11.0. The van der Waals surface area contributed by atoms with E-state index < -0.39 is 0 Å². The van der Waals surface area contributed by atoms with E-state index in [9.17, 15) is 4.79 Å². The number of nitrogens with two attached hydrogens (primary N) is 2. The zero-order valence-electron chi connectivity index (χ0n) is 9.18. The zero-order valence-corrected chi connectivity index (χ0v) is 9.18. The summed E-state index contributed by atoms with van der Waals surface area (Å²) in [4.78, 5) is 21.2. The Morgan fingerprint density at radius 1 is 1.50 bits per heavy atom. The lowest BCUT2D eigenvalue weighted by atomic mass is 10.3. The van der Waals surface area contributed by atoms with Crippen LogP contribution < -0.4 is 16.4 Å². The van der Waals surface area contributed by atoms with Crippen molar-refractivity contribution in [3.63, 3.8) is 0 Å². The average molecular weight is 221 g/mol. The molecule has 0 amide bonds. The van der Waals surface area contributed by atoms with Gasteiger partial charge in [0.1, 0.15) is 17.5 Å². The quantitative estimate of drug-likeness (QED) is 0.666. The summed E-state index contributed by atoms with van der Waals surface area (Å²) in [5.74, 6) is 1.41. The number of nitrogen functional groups attached to an aromatic ring is 1. The number of hydrogen-bond donors (Lipinski definition) is 2. The predicted molar refractivity (Wildman–Crippen MR) is 61.4 cm³/mol. The van der Waals surface area contributed by atoms with Gasteiger partial charge in [0.2, 0.25) is 0 Å². The highest BCUT2D eigenvalue weighted by Crippen LogP contribution is 2.23. The fraction of sp³-hybridized carbons (Fsp3) is 0.500. The molecular weight excluding hydrogens is 206 g/mol. The highest BCUT2D eigenvalue weighted by Gasteiger charge is 2.24. The minimum absolute atomic E-state index is 0.135. The van der Waals surface area contributed by atoms with Crippen LogP contribution in [-0.2, 0) is 0 Å². The fourth-order valence-corrected chi connectivity index (χ4v) is 1.92. The summed E-state index contributed by atoms with van der Waals surface area (Å²) in [5.41, 5.74) is 11.9. The van der Waals surface area contributed by atoms with Crippen molar-refractivity contribution in [3.05, 3.63) is 11.4 Å². The molecule has 1 aromatic rings. The van der Waals surface area contributed by atoms with E-state index >= 15 is 0 Å². The monoisotopic (exact) mass is 221 g/mol. The van der Waals surface area contributed by atoms with Crippen LogP contribution in [0.25, 0.3) is 0 Å². The van der Waals surface area contributed by atoms with Gasteiger partial charge in [0.05, 0.1) is 5.56 Å². The van der Waals surface area contributed by atoms with Crippen LogP contribution in [0.1, 0.15) is 22.6 Å². The average Bonchev–Trinajstić information content (AvgIpc) is 2.63. The van der Waals surface area contributed by atoms with Crippen LogP contribution in [0.3, 0.4) is 0 Å². The molecule has 0 bridgehead atoms. The molecule has 1 aliphatic heterocycles. The molecule has 1 aromatic heterocycles. The molecule has 1 unspecified atom stereocenters. The highest BCUT2D eigenvalue weighted by atomic mass is 16.1. The van der Waals surface area contributed by atoms with Crippen LogP contribution in [0.15, 0.2) is 0 Å². The third-order valence-electron chi connectivity index (χ3n) is 2.71. The van der Waals surface area contributed by atoms with Crippen LogP contribution in [0.4, 0.5) is 11.6 Å². The van der Waals surface area contributed by atoms with E-state index in [0.717, 1.165) is 13.0 Å². The van der Waals surface area contributed by atoms with Crippen molar-refractivity contribution in [2.24, 2.45) is 5.73 Å². The van der Waals surface area contributed by atoms with Crippen LogP contribution in [0.5, 0.6) is 0 Å². The molecule has 1 atom stereocenters. The van der Waals surface area contributed by atoms with Gasteiger partial charge in [0.25, 0.3) is 0 Å². The number of nitrogens with zero attached hydrogens (tertiary/aromatic N) is 3. The summed E-state index contributed by atoms with van der Waals surface area (Å²) in [6.45, 7) is 3.26. The second-order valence-corrected chi connectivity index (χ2v) is 4.01. The topological polar surface area (TPSA) is 98.1 Å². The number of anilines is 2. The highest BCUT2D eigenvalue weighted by molar-refractivity contribution is 5.89. The number of aldehydes is 1. The first-order chi connectivity index (χ1) is 7.61. The Morgan fingerprint density at radius 3 is 2.81 bits per heavy atom. The van der Waals surface area contributed by atoms with Gasteiger partial charge >= 0.3 is 0 Å². The van der Waals surface area contributed by atoms with E-state index in [1.54, 1.807) is 6.92 Å². The van der Waals surface area contributed by atoms with E-state index in [-0.39, 0.29) is 11.9 Å². The van der Waals surface area contributed by atoms with Crippen molar-refractivity contribution >= 4 is 17.9 Å². The first kappa shape index (κ1) is 10.8. The molecule has 6 nitrogen and oxygen atoms in total. The molecule has 6 heteroatoms. The van der Waals surface area contributed by atoms with E-state index in [2.05, 4.69) is 9.97 Å². The lowest BCUT2D eigenvalue weighted by Crippen LogP contribution is -2.28. The predicted octanol–water partition coefficient (Wildman–Crippen LogP) is -0.283. The van der Waals surface area contributed by atoms with Crippen LogP contribution >= 0.6 is 0 Å². The minimum Gasteiger partial charge on any atom is -0.383 e. The minimum atomic E-state index is 0.135. The van der Waals surface area contributed by atoms with Gasteiger partial charge in [0, 0.05) is 19.1 Å². The van der Waals surface area contributed by atoms with E-state index in [1.807, 2.05) is 4.90 Å². The van der Waals surface area contributed by atoms with Gasteiger partial charge in [-0.2, -0.15) is 0 Å². The molecule has 2 heterocycles. The van der Waals surface area contributed by atoms with Gasteiger partial charge in [-0.25, -0.2) is 9.97 Å². The molecule has 16 heavy (non-hydrogen) atoms. The van der Waals surface area contributed by atoms with Crippen molar-refractivity contribution < 1.29 is 4.79 Å². The van der Waals surface area contributed by atoms with Crippen molar-refractivity contribution in [3.8, 4) is 0 Å². The molecule has 1 saturated heterocycles. The largest absolute Gasteiger partial charge is 0.383 e. The number of carbonyl (C=O) groups is 1. The molecule has 2 rings (SSSR count). The van der Waals surface area contributed by atoms with E-state index in [0.29, 0.717) is 30.0 Å². The lowest BCUT2D eigenvalue weighted by Gasteiger charge is -2.19. The third kappa shape index (κ3) is 1.83. The normalized spacial score (nSPS) is 20.1. The van der Waals surface area contributed by atoms with E-state index in [4.69, 9.17) is 11.5 Å². The summed E-state index contributed by atoms with van der Waals surface area (Å²) in [5, 5.41) is 0. The smallest absolute Gasteiger partial charge is 0.157 e. The van der Waals surface area contributed by atoms with Gasteiger partial charge < -0.3 is 16.4 Å². The Balaban J connectivity index is 2.42. The molecule has 0 aliphatic carbocycles. The van der Waals surface area contributed by atoms with E-state index in [1.165, 1.54) is 0 Å². The zero-order chi connectivity index (χ0) is 11.7. The van der Waals surface area contributed by atoms with Crippen LogP contribution in [-0.4, -0.2) is 35.4 Å². The summed E-state index contributed by atoms with van der Waals surface area (Å²) in [7, 11) is 0. The van der Waals surface area contributed by atoms with Crippen LogP contribution in [0, 0.1) is 6.92 Å². The number of hydrogen-bond acceptors (Lipinski definition) is 6. The third-order valence-corrected chi connectivity index (χ3v) is 2.71. The number of carbonyl (C=O) groups excluding carboxylic acids is 1. The Labute approximate surface area is 93.7 Å². The molecule has 1 aliphatic rings. The van der Waals surface area contributed by atoms with Gasteiger partial charge in [-0.05, 0) is 13.3 Å². The molecular formula is C10H15N5O. The van der Waals surface area contributed by atoms with Crippen molar-refractivity contribution in [2.75, 3.05) is 23.7 Å². The summed E-state index contributed by atoms with van der Waals surface area (Å²) in [6.07, 6.45) is 1.61. The SMILES string of the molecule is Cc1nc(N)c(C=O)c(N2CCC(N)C2)n1. The molecule has 0 saturated carbocycles.